The summed E-state index contributed by atoms with van der Waals surface area (Å²) in [6, 6.07) is 0. The number of hydrogen-bond donors (Lipinski definition) is 0. The van der Waals surface area contributed by atoms with Crippen LogP contribution in [0.25, 0.3) is 0 Å². The summed E-state index contributed by atoms with van der Waals surface area (Å²) in [5, 5.41) is 0. The predicted molar refractivity (Wildman–Crippen MR) is 94.3 cm³/mol. The average Bonchev–Trinajstić information content (AvgIpc) is 2.52. The van der Waals surface area contributed by atoms with Gasteiger partial charge in [0.25, 0.3) is 0 Å². The summed E-state index contributed by atoms with van der Waals surface area (Å²) in [5.74, 6) is 0.749. The van der Waals surface area contributed by atoms with Gasteiger partial charge in [0.1, 0.15) is 0 Å². The first kappa shape index (κ1) is 16.3. The second-order valence-corrected chi connectivity index (χ2v) is 8.66. The van der Waals surface area contributed by atoms with Crippen molar-refractivity contribution in [3.8, 4) is 0 Å². The molecule has 0 aliphatic heterocycles. The van der Waals surface area contributed by atoms with Crippen LogP contribution >= 0.6 is 0 Å². The topological polar surface area (TPSA) is 0 Å². The maximum absolute atomic E-state index is 2.42. The number of rotatable bonds is 3. The van der Waals surface area contributed by atoms with Crippen LogP contribution in [0.4, 0.5) is 0 Å². The Kier molecular flexibility index (Phi) is 4.66. The molecule has 0 aromatic carbocycles. The zero-order chi connectivity index (χ0) is 15.7. The van der Waals surface area contributed by atoms with Crippen LogP contribution in [0, 0.1) is 16.7 Å². The molecule has 0 N–H and O–H groups in total. The zero-order valence-electron chi connectivity index (χ0n) is 14.8. The van der Waals surface area contributed by atoms with Crippen LogP contribution in [-0.4, -0.2) is 0 Å². The maximum atomic E-state index is 2.42. The van der Waals surface area contributed by atoms with Crippen molar-refractivity contribution in [2.24, 2.45) is 16.7 Å². The van der Waals surface area contributed by atoms with Crippen molar-refractivity contribution < 1.29 is 0 Å². The Labute approximate surface area is 131 Å². The van der Waals surface area contributed by atoms with Crippen LogP contribution in [0.3, 0.4) is 0 Å². The van der Waals surface area contributed by atoms with Gasteiger partial charge in [-0.3, -0.25) is 0 Å². The van der Waals surface area contributed by atoms with Gasteiger partial charge in [0.2, 0.25) is 0 Å². The van der Waals surface area contributed by atoms with E-state index >= 15 is 0 Å². The smallest absolute Gasteiger partial charge is 0.00109 e. The SMILES string of the molecule is CC(C)CC1=C(C2=CC=CC(C)(C)C=C2)CC(C)(C)CC1. The summed E-state index contributed by atoms with van der Waals surface area (Å²) in [6.07, 6.45) is 16.7. The van der Waals surface area contributed by atoms with Crippen LogP contribution in [0.15, 0.2) is 47.1 Å². The standard InChI is InChI=1S/C21H32/c1-16(2)14-18-10-13-21(5,6)15-19(18)17-8-7-11-20(3,4)12-9-17/h7-9,11-12,16H,10,13-15H2,1-6H3. The van der Waals surface area contributed by atoms with E-state index in [0.717, 1.165) is 5.92 Å². The van der Waals surface area contributed by atoms with E-state index in [4.69, 9.17) is 0 Å². The molecular weight excluding hydrogens is 252 g/mol. The lowest BCUT2D eigenvalue weighted by Crippen LogP contribution is -2.20. The van der Waals surface area contributed by atoms with E-state index < -0.39 is 0 Å². The average molecular weight is 284 g/mol. The molecule has 0 radical (unpaired) electrons. The van der Waals surface area contributed by atoms with Crippen LogP contribution < -0.4 is 0 Å². The molecule has 0 saturated carbocycles. The third-order valence-electron chi connectivity index (χ3n) is 4.68. The van der Waals surface area contributed by atoms with E-state index in [1.165, 1.54) is 31.3 Å². The minimum Gasteiger partial charge on any atom is -0.0751 e. The van der Waals surface area contributed by atoms with Crippen LogP contribution in [-0.2, 0) is 0 Å². The number of hydrogen-bond acceptors (Lipinski definition) is 0. The molecule has 2 aliphatic rings. The second kappa shape index (κ2) is 5.99. The van der Waals surface area contributed by atoms with E-state index in [0.29, 0.717) is 5.41 Å². The van der Waals surface area contributed by atoms with Crippen molar-refractivity contribution in [2.75, 3.05) is 0 Å². The Morgan fingerprint density at radius 2 is 1.81 bits per heavy atom. The highest BCUT2D eigenvalue weighted by Crippen LogP contribution is 2.44. The maximum Gasteiger partial charge on any atom is 0.00109 e. The van der Waals surface area contributed by atoms with Crippen LogP contribution in [0.5, 0.6) is 0 Å². The molecule has 0 amide bonds. The summed E-state index contributed by atoms with van der Waals surface area (Å²) in [5.41, 5.74) is 5.38. The van der Waals surface area contributed by atoms with Crippen molar-refractivity contribution in [1.82, 2.24) is 0 Å². The highest BCUT2D eigenvalue weighted by molar-refractivity contribution is 5.48. The molecule has 0 saturated heterocycles. The predicted octanol–water partition coefficient (Wildman–Crippen LogP) is 6.62. The van der Waals surface area contributed by atoms with E-state index in [9.17, 15) is 0 Å². The van der Waals surface area contributed by atoms with Gasteiger partial charge < -0.3 is 0 Å². The van der Waals surface area contributed by atoms with Gasteiger partial charge in [-0.15, -0.1) is 0 Å². The van der Waals surface area contributed by atoms with Gasteiger partial charge in [-0.2, -0.15) is 0 Å². The summed E-state index contributed by atoms with van der Waals surface area (Å²) in [7, 11) is 0. The van der Waals surface area contributed by atoms with E-state index in [1.807, 2.05) is 0 Å². The lowest BCUT2D eigenvalue weighted by molar-refractivity contribution is 0.310. The van der Waals surface area contributed by atoms with Crippen LogP contribution in [0.1, 0.15) is 67.2 Å². The highest BCUT2D eigenvalue weighted by atomic mass is 14.3. The summed E-state index contributed by atoms with van der Waals surface area (Å²) in [6.45, 7) is 14.0. The highest BCUT2D eigenvalue weighted by Gasteiger charge is 2.28. The molecule has 21 heavy (non-hydrogen) atoms. The van der Waals surface area contributed by atoms with E-state index in [1.54, 1.807) is 11.1 Å². The minimum absolute atomic E-state index is 0.168. The molecule has 0 spiro atoms. The zero-order valence-corrected chi connectivity index (χ0v) is 14.8. The monoisotopic (exact) mass is 284 g/mol. The summed E-state index contributed by atoms with van der Waals surface area (Å²) >= 11 is 0. The van der Waals surface area contributed by atoms with Gasteiger partial charge in [0, 0.05) is 5.41 Å². The lowest BCUT2D eigenvalue weighted by Gasteiger charge is -2.34. The molecule has 116 valence electrons. The number of allylic oxidation sites excluding steroid dienone is 8. The second-order valence-electron chi connectivity index (χ2n) is 8.66. The normalized spacial score (nSPS) is 24.2. The van der Waals surface area contributed by atoms with Crippen molar-refractivity contribution >= 4 is 0 Å². The first-order valence-electron chi connectivity index (χ1n) is 8.49. The Balaban J connectivity index is 2.38. The summed E-state index contributed by atoms with van der Waals surface area (Å²) in [4.78, 5) is 0. The van der Waals surface area contributed by atoms with Crippen molar-refractivity contribution in [1.29, 1.82) is 0 Å². The fourth-order valence-corrected chi connectivity index (χ4v) is 3.37. The van der Waals surface area contributed by atoms with Crippen LogP contribution in [0.2, 0.25) is 0 Å². The van der Waals surface area contributed by atoms with Gasteiger partial charge in [0.15, 0.2) is 0 Å². The molecule has 0 atom stereocenters. The van der Waals surface area contributed by atoms with Gasteiger partial charge in [-0.1, -0.05) is 77.5 Å². The van der Waals surface area contributed by atoms with Gasteiger partial charge in [-0.05, 0) is 48.2 Å². The molecule has 0 heterocycles. The Morgan fingerprint density at radius 1 is 1.10 bits per heavy atom. The first-order valence-corrected chi connectivity index (χ1v) is 8.49. The molecule has 0 heteroatoms. The molecule has 0 bridgehead atoms. The minimum atomic E-state index is 0.168. The molecular formula is C21H32. The fourth-order valence-electron chi connectivity index (χ4n) is 3.37. The fraction of sp³-hybridized carbons (Fsp3) is 0.619. The van der Waals surface area contributed by atoms with Crippen molar-refractivity contribution in [2.45, 2.75) is 67.2 Å². The van der Waals surface area contributed by atoms with Crippen molar-refractivity contribution in [3.05, 3.63) is 47.1 Å². The van der Waals surface area contributed by atoms with Gasteiger partial charge in [-0.25, -0.2) is 0 Å². The van der Waals surface area contributed by atoms with Gasteiger partial charge in [0.05, 0.1) is 0 Å². The lowest BCUT2D eigenvalue weighted by atomic mass is 9.71. The molecule has 2 aliphatic carbocycles. The van der Waals surface area contributed by atoms with Gasteiger partial charge >= 0.3 is 0 Å². The summed E-state index contributed by atoms with van der Waals surface area (Å²) < 4.78 is 0. The molecule has 0 aromatic rings. The third kappa shape index (κ3) is 4.46. The largest absolute Gasteiger partial charge is 0.0751 e. The third-order valence-corrected chi connectivity index (χ3v) is 4.68. The molecule has 2 rings (SSSR count). The Bertz CT molecular complexity index is 504. The molecule has 0 nitrogen and oxygen atoms in total. The Morgan fingerprint density at radius 3 is 2.48 bits per heavy atom. The Hall–Kier alpha value is -1.04. The van der Waals surface area contributed by atoms with Crippen molar-refractivity contribution in [3.63, 3.8) is 0 Å². The molecule has 0 unspecified atom stereocenters. The van der Waals surface area contributed by atoms with E-state index in [2.05, 4.69) is 71.9 Å². The molecule has 0 fully saturated rings. The van der Waals surface area contributed by atoms with E-state index in [-0.39, 0.29) is 5.41 Å². The molecule has 0 aromatic heterocycles. The quantitative estimate of drug-likeness (QED) is 0.546. The first-order chi connectivity index (χ1) is 9.69.